The zero-order valence-corrected chi connectivity index (χ0v) is 13.6. The summed E-state index contributed by atoms with van der Waals surface area (Å²) >= 11 is 0. The lowest BCUT2D eigenvalue weighted by Crippen LogP contribution is -2.50. The molecule has 3 heteroatoms. The lowest BCUT2D eigenvalue weighted by Gasteiger charge is -2.38. The fourth-order valence-corrected chi connectivity index (χ4v) is 3.17. The molecule has 3 nitrogen and oxygen atoms in total. The van der Waals surface area contributed by atoms with Gasteiger partial charge in [-0.15, -0.1) is 0 Å². The van der Waals surface area contributed by atoms with Crippen molar-refractivity contribution in [2.45, 2.75) is 52.2 Å². The quantitative estimate of drug-likeness (QED) is 0.849. The van der Waals surface area contributed by atoms with E-state index in [0.29, 0.717) is 19.0 Å². The Bertz CT molecular complexity index is 450. The molecule has 0 saturated carbocycles. The molecule has 4 unspecified atom stereocenters. The van der Waals surface area contributed by atoms with Crippen molar-refractivity contribution in [1.29, 1.82) is 0 Å². The maximum atomic E-state index is 13.1. The Labute approximate surface area is 128 Å². The number of carbonyl (C=O) groups excluding carboxylic acids is 1. The van der Waals surface area contributed by atoms with Gasteiger partial charge in [0, 0.05) is 13.1 Å². The van der Waals surface area contributed by atoms with Crippen molar-refractivity contribution in [2.75, 3.05) is 13.1 Å². The van der Waals surface area contributed by atoms with Crippen LogP contribution in [0.2, 0.25) is 0 Å². The fourth-order valence-electron chi connectivity index (χ4n) is 3.17. The SMILES string of the molecule is CCC(C)C(C(=O)N1CC(C)OC(C)C1)c1ccccc1. The van der Waals surface area contributed by atoms with Crippen molar-refractivity contribution in [1.82, 2.24) is 4.90 Å². The van der Waals surface area contributed by atoms with Gasteiger partial charge in [-0.25, -0.2) is 0 Å². The fraction of sp³-hybridized carbons (Fsp3) is 0.611. The summed E-state index contributed by atoms with van der Waals surface area (Å²) in [5.41, 5.74) is 1.13. The van der Waals surface area contributed by atoms with Gasteiger partial charge in [-0.1, -0.05) is 50.6 Å². The molecule has 4 atom stereocenters. The Morgan fingerprint density at radius 1 is 1.24 bits per heavy atom. The Hall–Kier alpha value is -1.35. The van der Waals surface area contributed by atoms with Crippen LogP contribution < -0.4 is 0 Å². The first-order chi connectivity index (χ1) is 10.0. The van der Waals surface area contributed by atoms with E-state index >= 15 is 0 Å². The van der Waals surface area contributed by atoms with E-state index in [-0.39, 0.29) is 24.0 Å². The maximum Gasteiger partial charge on any atom is 0.230 e. The van der Waals surface area contributed by atoms with E-state index < -0.39 is 0 Å². The summed E-state index contributed by atoms with van der Waals surface area (Å²) in [6.07, 6.45) is 1.23. The monoisotopic (exact) mass is 289 g/mol. The van der Waals surface area contributed by atoms with Gasteiger partial charge < -0.3 is 9.64 Å². The van der Waals surface area contributed by atoms with Crippen molar-refractivity contribution >= 4 is 5.91 Å². The molecule has 0 radical (unpaired) electrons. The van der Waals surface area contributed by atoms with E-state index in [0.717, 1.165) is 12.0 Å². The third-order valence-electron chi connectivity index (χ3n) is 4.37. The van der Waals surface area contributed by atoms with Crippen molar-refractivity contribution in [3.63, 3.8) is 0 Å². The molecule has 1 aliphatic rings. The van der Waals surface area contributed by atoms with Gasteiger partial charge in [0.1, 0.15) is 0 Å². The van der Waals surface area contributed by atoms with Crippen molar-refractivity contribution in [3.8, 4) is 0 Å². The van der Waals surface area contributed by atoms with Gasteiger partial charge in [0.2, 0.25) is 5.91 Å². The smallest absolute Gasteiger partial charge is 0.230 e. The summed E-state index contributed by atoms with van der Waals surface area (Å²) in [7, 11) is 0. The molecular formula is C18H27NO2. The number of hydrogen-bond donors (Lipinski definition) is 0. The number of ether oxygens (including phenoxy) is 1. The zero-order valence-electron chi connectivity index (χ0n) is 13.6. The topological polar surface area (TPSA) is 29.5 Å². The number of nitrogens with zero attached hydrogens (tertiary/aromatic N) is 1. The highest BCUT2D eigenvalue weighted by atomic mass is 16.5. The van der Waals surface area contributed by atoms with Crippen LogP contribution in [-0.2, 0) is 9.53 Å². The van der Waals surface area contributed by atoms with E-state index in [1.807, 2.05) is 36.9 Å². The third kappa shape index (κ3) is 3.85. The number of morpholine rings is 1. The highest BCUT2D eigenvalue weighted by Crippen LogP contribution is 2.30. The predicted molar refractivity (Wildman–Crippen MR) is 85.2 cm³/mol. The molecule has 0 bridgehead atoms. The number of rotatable bonds is 4. The van der Waals surface area contributed by atoms with E-state index in [4.69, 9.17) is 4.74 Å². The summed E-state index contributed by atoms with van der Waals surface area (Å²) in [6.45, 7) is 9.79. The number of hydrogen-bond acceptors (Lipinski definition) is 2. The lowest BCUT2D eigenvalue weighted by atomic mass is 9.84. The largest absolute Gasteiger partial charge is 0.372 e. The average Bonchev–Trinajstić information content (AvgIpc) is 2.47. The second-order valence-corrected chi connectivity index (χ2v) is 6.27. The first kappa shape index (κ1) is 16.0. The van der Waals surface area contributed by atoms with Crippen molar-refractivity contribution in [3.05, 3.63) is 35.9 Å². The molecule has 1 aromatic rings. The van der Waals surface area contributed by atoms with Gasteiger partial charge in [0.15, 0.2) is 0 Å². The van der Waals surface area contributed by atoms with E-state index in [1.165, 1.54) is 0 Å². The van der Waals surface area contributed by atoms with Crippen LogP contribution in [0.15, 0.2) is 30.3 Å². The summed E-state index contributed by atoms with van der Waals surface area (Å²) in [5, 5.41) is 0. The summed E-state index contributed by atoms with van der Waals surface area (Å²) in [6, 6.07) is 10.2. The molecule has 2 rings (SSSR count). The summed E-state index contributed by atoms with van der Waals surface area (Å²) in [5.74, 6) is 0.541. The van der Waals surface area contributed by atoms with Gasteiger partial charge >= 0.3 is 0 Å². The van der Waals surface area contributed by atoms with Gasteiger partial charge in [-0.3, -0.25) is 4.79 Å². The number of amides is 1. The van der Waals surface area contributed by atoms with E-state index in [2.05, 4.69) is 26.0 Å². The van der Waals surface area contributed by atoms with Crippen LogP contribution in [-0.4, -0.2) is 36.1 Å². The third-order valence-corrected chi connectivity index (χ3v) is 4.37. The Kier molecular flexibility index (Phi) is 5.40. The van der Waals surface area contributed by atoms with Crippen LogP contribution in [0.5, 0.6) is 0 Å². The Balaban J connectivity index is 2.22. The zero-order chi connectivity index (χ0) is 15.4. The van der Waals surface area contributed by atoms with Crippen LogP contribution in [0.3, 0.4) is 0 Å². The van der Waals surface area contributed by atoms with Crippen LogP contribution in [0.25, 0.3) is 0 Å². The first-order valence-electron chi connectivity index (χ1n) is 8.02. The normalized spacial score (nSPS) is 25.4. The highest BCUT2D eigenvalue weighted by molar-refractivity contribution is 5.84. The van der Waals surface area contributed by atoms with Gasteiger partial charge in [0.25, 0.3) is 0 Å². The number of benzene rings is 1. The van der Waals surface area contributed by atoms with Crippen molar-refractivity contribution in [2.24, 2.45) is 5.92 Å². The van der Waals surface area contributed by atoms with Crippen LogP contribution in [0.4, 0.5) is 0 Å². The minimum Gasteiger partial charge on any atom is -0.372 e. The molecular weight excluding hydrogens is 262 g/mol. The number of carbonyl (C=O) groups is 1. The molecule has 116 valence electrons. The minimum atomic E-state index is -0.0475. The maximum absolute atomic E-state index is 13.1. The van der Waals surface area contributed by atoms with Crippen LogP contribution in [0.1, 0.15) is 45.6 Å². The van der Waals surface area contributed by atoms with Gasteiger partial charge in [-0.05, 0) is 25.3 Å². The first-order valence-corrected chi connectivity index (χ1v) is 8.02. The van der Waals surface area contributed by atoms with Crippen LogP contribution in [0, 0.1) is 5.92 Å². The van der Waals surface area contributed by atoms with E-state index in [9.17, 15) is 4.79 Å². The average molecular weight is 289 g/mol. The molecule has 0 aliphatic carbocycles. The summed E-state index contributed by atoms with van der Waals surface area (Å²) in [4.78, 5) is 15.0. The molecule has 1 amide bonds. The molecule has 1 heterocycles. The lowest BCUT2D eigenvalue weighted by molar-refractivity contribution is -0.146. The van der Waals surface area contributed by atoms with Crippen LogP contribution >= 0.6 is 0 Å². The highest BCUT2D eigenvalue weighted by Gasteiger charge is 2.33. The van der Waals surface area contributed by atoms with Gasteiger partial charge in [0.05, 0.1) is 18.1 Å². The molecule has 1 saturated heterocycles. The second kappa shape index (κ2) is 7.08. The van der Waals surface area contributed by atoms with E-state index in [1.54, 1.807) is 0 Å². The molecule has 1 aromatic carbocycles. The summed E-state index contributed by atoms with van der Waals surface area (Å²) < 4.78 is 5.74. The Morgan fingerprint density at radius 2 is 1.81 bits per heavy atom. The predicted octanol–water partition coefficient (Wildman–Crippen LogP) is 3.45. The molecule has 21 heavy (non-hydrogen) atoms. The molecule has 0 spiro atoms. The van der Waals surface area contributed by atoms with Gasteiger partial charge in [-0.2, -0.15) is 0 Å². The minimum absolute atomic E-state index is 0.0475. The van der Waals surface area contributed by atoms with Crippen molar-refractivity contribution < 1.29 is 9.53 Å². The molecule has 1 aliphatic heterocycles. The second-order valence-electron chi connectivity index (χ2n) is 6.27. The Morgan fingerprint density at radius 3 is 2.33 bits per heavy atom. The standard InChI is InChI=1S/C18H27NO2/c1-5-13(2)17(16-9-7-6-8-10-16)18(20)19-11-14(3)21-15(4)12-19/h6-10,13-15,17H,5,11-12H2,1-4H3. The molecule has 1 fully saturated rings. The molecule has 0 N–H and O–H groups in total. The molecule has 0 aromatic heterocycles.